The number of methoxy groups -OCH3 is 1. The van der Waals surface area contributed by atoms with Crippen LogP contribution in [0.3, 0.4) is 0 Å². The van der Waals surface area contributed by atoms with E-state index in [4.69, 9.17) is 4.74 Å². The first-order valence-corrected chi connectivity index (χ1v) is 11.3. The summed E-state index contributed by atoms with van der Waals surface area (Å²) < 4.78 is 5.11. The van der Waals surface area contributed by atoms with Crippen molar-refractivity contribution in [3.05, 3.63) is 71.8 Å². The molecule has 2 heterocycles. The van der Waals surface area contributed by atoms with Crippen molar-refractivity contribution in [3.63, 3.8) is 0 Å². The Morgan fingerprint density at radius 2 is 1.58 bits per heavy atom. The minimum absolute atomic E-state index is 0.0274. The maximum absolute atomic E-state index is 14.0. The van der Waals surface area contributed by atoms with Gasteiger partial charge in [0, 0.05) is 19.1 Å². The molecule has 2 aliphatic rings. The summed E-state index contributed by atoms with van der Waals surface area (Å²) >= 11 is 0. The van der Waals surface area contributed by atoms with Crippen molar-refractivity contribution < 1.29 is 14.3 Å². The number of piperidine rings is 1. The number of rotatable bonds is 5. The van der Waals surface area contributed by atoms with Crippen LogP contribution in [0.15, 0.2) is 60.7 Å². The summed E-state index contributed by atoms with van der Waals surface area (Å²) in [5, 5.41) is 0. The molecule has 0 spiro atoms. The molecule has 0 N–H and O–H groups in total. The molecule has 3 atom stereocenters. The zero-order valence-electron chi connectivity index (χ0n) is 18.4. The average molecular weight is 421 g/mol. The van der Waals surface area contributed by atoms with E-state index >= 15 is 0 Å². The van der Waals surface area contributed by atoms with Gasteiger partial charge in [-0.1, -0.05) is 67.6 Å². The Labute approximate surface area is 185 Å². The fourth-order valence-corrected chi connectivity index (χ4v) is 5.17. The van der Waals surface area contributed by atoms with Crippen molar-refractivity contribution in [2.75, 3.05) is 26.7 Å². The summed E-state index contributed by atoms with van der Waals surface area (Å²) in [6.07, 6.45) is 3.06. The Balaban J connectivity index is 1.65. The molecule has 0 saturated carbocycles. The van der Waals surface area contributed by atoms with E-state index in [2.05, 4.69) is 11.8 Å². The van der Waals surface area contributed by atoms with Crippen molar-refractivity contribution in [1.82, 2.24) is 9.80 Å². The van der Waals surface area contributed by atoms with E-state index in [0.29, 0.717) is 18.9 Å². The summed E-state index contributed by atoms with van der Waals surface area (Å²) in [6.45, 7) is 4.91. The van der Waals surface area contributed by atoms with Gasteiger partial charge >= 0.3 is 5.97 Å². The number of benzene rings is 2. The van der Waals surface area contributed by atoms with Crippen molar-refractivity contribution >= 4 is 11.9 Å². The number of likely N-dealkylation sites (tertiary alicyclic amines) is 2. The molecule has 5 heteroatoms. The minimum atomic E-state index is -0.533. The Morgan fingerprint density at radius 3 is 2.13 bits per heavy atom. The molecule has 31 heavy (non-hydrogen) atoms. The molecule has 5 nitrogen and oxygen atoms in total. The number of ether oxygens (including phenoxy) is 1. The van der Waals surface area contributed by atoms with E-state index in [1.54, 1.807) is 4.90 Å². The Morgan fingerprint density at radius 1 is 0.968 bits per heavy atom. The molecule has 2 aromatic rings. The van der Waals surface area contributed by atoms with E-state index in [-0.39, 0.29) is 17.9 Å². The molecule has 0 aromatic heterocycles. The van der Waals surface area contributed by atoms with Gasteiger partial charge in [0.2, 0.25) is 5.91 Å². The number of carbonyl (C=O) groups excluding carboxylic acids is 2. The van der Waals surface area contributed by atoms with Crippen molar-refractivity contribution in [1.29, 1.82) is 0 Å². The molecule has 2 aliphatic heterocycles. The third-order valence-corrected chi connectivity index (χ3v) is 6.75. The average Bonchev–Trinajstić information content (AvgIpc) is 3.26. The van der Waals surface area contributed by atoms with Crippen LogP contribution >= 0.6 is 0 Å². The van der Waals surface area contributed by atoms with Gasteiger partial charge in [-0.15, -0.1) is 0 Å². The van der Waals surface area contributed by atoms with Gasteiger partial charge in [0.05, 0.1) is 13.0 Å². The van der Waals surface area contributed by atoms with E-state index in [1.807, 2.05) is 60.7 Å². The Kier molecular flexibility index (Phi) is 6.71. The summed E-state index contributed by atoms with van der Waals surface area (Å²) in [5.41, 5.74) is 1.88. The molecule has 0 unspecified atom stereocenters. The highest BCUT2D eigenvalue weighted by atomic mass is 16.5. The molecule has 4 rings (SSSR count). The molecular formula is C26H32N2O3. The molecular weight excluding hydrogens is 388 g/mol. The highest BCUT2D eigenvalue weighted by Crippen LogP contribution is 2.33. The first-order chi connectivity index (χ1) is 15.1. The van der Waals surface area contributed by atoms with Crippen molar-refractivity contribution in [3.8, 4) is 0 Å². The van der Waals surface area contributed by atoms with Crippen LogP contribution in [-0.4, -0.2) is 60.5 Å². The number of hydrogen-bond acceptors (Lipinski definition) is 4. The summed E-state index contributed by atoms with van der Waals surface area (Å²) in [7, 11) is 1.41. The van der Waals surface area contributed by atoms with Gasteiger partial charge in [-0.3, -0.25) is 9.69 Å². The van der Waals surface area contributed by atoms with Gasteiger partial charge in [0.25, 0.3) is 0 Å². The van der Waals surface area contributed by atoms with E-state index in [9.17, 15) is 9.59 Å². The first-order valence-electron chi connectivity index (χ1n) is 11.3. The van der Waals surface area contributed by atoms with Crippen molar-refractivity contribution in [2.24, 2.45) is 5.92 Å². The second kappa shape index (κ2) is 9.65. The topological polar surface area (TPSA) is 49.9 Å². The smallest absolute Gasteiger partial charge is 0.328 e. The lowest BCUT2D eigenvalue weighted by Crippen LogP contribution is -2.45. The molecule has 0 radical (unpaired) electrons. The second-order valence-electron chi connectivity index (χ2n) is 8.92. The van der Waals surface area contributed by atoms with Crippen molar-refractivity contribution in [2.45, 2.75) is 44.2 Å². The third kappa shape index (κ3) is 4.67. The predicted molar refractivity (Wildman–Crippen MR) is 121 cm³/mol. The fraction of sp³-hybridized carbons (Fsp3) is 0.462. The van der Waals surface area contributed by atoms with Crippen LogP contribution in [0, 0.1) is 5.92 Å². The van der Waals surface area contributed by atoms with Crippen LogP contribution in [0.2, 0.25) is 0 Å². The number of carbonyl (C=O) groups is 2. The van der Waals surface area contributed by atoms with Crippen LogP contribution in [0.25, 0.3) is 0 Å². The molecule has 2 aromatic carbocycles. The largest absolute Gasteiger partial charge is 0.467 e. The first kappa shape index (κ1) is 21.6. The van der Waals surface area contributed by atoms with Crippen LogP contribution in [0.5, 0.6) is 0 Å². The molecule has 2 saturated heterocycles. The van der Waals surface area contributed by atoms with Gasteiger partial charge in [-0.05, 0) is 42.9 Å². The lowest BCUT2D eigenvalue weighted by Gasteiger charge is -2.35. The number of esters is 1. The van der Waals surface area contributed by atoms with Gasteiger partial charge in [-0.2, -0.15) is 0 Å². The highest BCUT2D eigenvalue weighted by molar-refractivity contribution is 5.91. The van der Waals surface area contributed by atoms with Gasteiger partial charge in [-0.25, -0.2) is 4.79 Å². The zero-order valence-corrected chi connectivity index (χ0v) is 18.4. The summed E-state index contributed by atoms with van der Waals surface area (Å²) in [6, 6.07) is 19.4. The normalized spacial score (nSPS) is 24.4. The van der Waals surface area contributed by atoms with Gasteiger partial charge < -0.3 is 9.64 Å². The number of amides is 1. The van der Waals surface area contributed by atoms with Crippen LogP contribution in [-0.2, 0) is 14.3 Å². The maximum atomic E-state index is 14.0. The molecule has 164 valence electrons. The van der Waals surface area contributed by atoms with Gasteiger partial charge in [0.15, 0.2) is 0 Å². The maximum Gasteiger partial charge on any atom is 0.328 e. The molecule has 0 aliphatic carbocycles. The van der Waals surface area contributed by atoms with Crippen LogP contribution < -0.4 is 0 Å². The summed E-state index contributed by atoms with van der Waals surface area (Å²) in [5.74, 6) is -0.133. The zero-order chi connectivity index (χ0) is 21.8. The quantitative estimate of drug-likeness (QED) is 0.693. The Hall–Kier alpha value is -2.66. The van der Waals surface area contributed by atoms with E-state index in [0.717, 1.165) is 24.2 Å². The van der Waals surface area contributed by atoms with Crippen LogP contribution in [0.4, 0.5) is 0 Å². The summed E-state index contributed by atoms with van der Waals surface area (Å²) in [4.78, 5) is 30.9. The predicted octanol–water partition coefficient (Wildman–Crippen LogP) is 3.69. The second-order valence-corrected chi connectivity index (χ2v) is 8.92. The van der Waals surface area contributed by atoms with Gasteiger partial charge in [0.1, 0.15) is 6.04 Å². The monoisotopic (exact) mass is 420 g/mol. The lowest BCUT2D eigenvalue weighted by molar-refractivity contribution is -0.151. The molecule has 1 amide bonds. The Bertz CT molecular complexity index is 847. The minimum Gasteiger partial charge on any atom is -0.467 e. The molecule has 0 bridgehead atoms. The fourth-order valence-electron chi connectivity index (χ4n) is 5.17. The number of hydrogen-bond donors (Lipinski definition) is 0. The number of nitrogens with zero attached hydrogens (tertiary/aromatic N) is 2. The third-order valence-electron chi connectivity index (χ3n) is 6.75. The van der Waals surface area contributed by atoms with E-state index < -0.39 is 12.0 Å². The standard InChI is InChI=1S/C26H32N2O3/c1-19-10-9-15-27(17-19)22-16-23(26(30)31-2)28(18-22)25(29)24(20-11-5-3-6-12-20)21-13-7-4-8-14-21/h3-8,11-14,19,22-24H,9-10,15-18H2,1-2H3/t19-,22-,23-/m0/s1. The SMILES string of the molecule is COC(=O)[C@@H]1C[C@H](N2CCC[C@H](C)C2)CN1C(=O)C(c1ccccc1)c1ccccc1. The molecule has 2 fully saturated rings. The highest BCUT2D eigenvalue weighted by Gasteiger charge is 2.45. The lowest BCUT2D eigenvalue weighted by atomic mass is 9.90. The van der Waals surface area contributed by atoms with E-state index in [1.165, 1.54) is 20.0 Å². The van der Waals surface area contributed by atoms with Crippen LogP contribution in [0.1, 0.15) is 43.2 Å².